The summed E-state index contributed by atoms with van der Waals surface area (Å²) in [6, 6.07) is 0. The zero-order valence-corrected chi connectivity index (χ0v) is 14.6. The molecule has 2 nitrogen and oxygen atoms in total. The topological polar surface area (TPSA) is 26.3 Å². The van der Waals surface area contributed by atoms with Crippen molar-refractivity contribution in [3.63, 3.8) is 0 Å². The van der Waals surface area contributed by atoms with Gasteiger partial charge in [0.15, 0.2) is 0 Å². The van der Waals surface area contributed by atoms with E-state index < -0.39 is 0 Å². The van der Waals surface area contributed by atoms with Crippen LogP contribution in [0.4, 0.5) is 0 Å². The second-order valence-electron chi connectivity index (χ2n) is 7.16. The smallest absolute Gasteiger partial charge is 0.334 e. The Hall–Kier alpha value is -1.31. The van der Waals surface area contributed by atoms with Gasteiger partial charge < -0.3 is 4.74 Å². The fourth-order valence-electron chi connectivity index (χ4n) is 3.60. The third kappa shape index (κ3) is 4.34. The quantitative estimate of drug-likeness (QED) is 0.516. The molecule has 0 aromatic rings. The van der Waals surface area contributed by atoms with Crippen molar-refractivity contribution in [3.05, 3.63) is 34.4 Å². The van der Waals surface area contributed by atoms with Gasteiger partial charge in [0.05, 0.1) is 0 Å². The molecule has 0 N–H and O–H groups in total. The van der Waals surface area contributed by atoms with E-state index in [2.05, 4.69) is 39.8 Å². The summed E-state index contributed by atoms with van der Waals surface area (Å²) in [4.78, 5) is 12.3. The minimum atomic E-state index is -0.0476. The number of hydrogen-bond donors (Lipinski definition) is 0. The van der Waals surface area contributed by atoms with Gasteiger partial charge in [-0.3, -0.25) is 0 Å². The molecule has 0 bridgehead atoms. The van der Waals surface area contributed by atoms with Crippen molar-refractivity contribution < 1.29 is 9.53 Å². The van der Waals surface area contributed by atoms with E-state index in [0.717, 1.165) is 44.1 Å². The van der Waals surface area contributed by atoms with Gasteiger partial charge in [-0.1, -0.05) is 30.2 Å². The molecule has 0 saturated heterocycles. The lowest BCUT2D eigenvalue weighted by atomic mass is 9.79. The van der Waals surface area contributed by atoms with Crippen molar-refractivity contribution in [3.8, 4) is 0 Å². The molecule has 2 heteroatoms. The van der Waals surface area contributed by atoms with Crippen molar-refractivity contribution in [2.45, 2.75) is 66.2 Å². The zero-order valence-electron chi connectivity index (χ0n) is 14.6. The highest BCUT2D eigenvalue weighted by molar-refractivity contribution is 5.92. The van der Waals surface area contributed by atoms with E-state index in [1.807, 2.05) is 0 Å². The van der Waals surface area contributed by atoms with Crippen molar-refractivity contribution in [2.75, 3.05) is 6.61 Å². The van der Waals surface area contributed by atoms with Gasteiger partial charge in [-0.25, -0.2) is 4.79 Å². The Balaban J connectivity index is 2.17. The molecule has 1 aliphatic heterocycles. The molecule has 0 amide bonds. The summed E-state index contributed by atoms with van der Waals surface area (Å²) in [6.07, 6.45) is 11.1. The van der Waals surface area contributed by atoms with Crippen LogP contribution < -0.4 is 0 Å². The minimum Gasteiger partial charge on any atom is -0.458 e. The Morgan fingerprint density at radius 1 is 1.41 bits per heavy atom. The molecule has 0 spiro atoms. The second-order valence-corrected chi connectivity index (χ2v) is 7.16. The Labute approximate surface area is 135 Å². The van der Waals surface area contributed by atoms with Crippen LogP contribution in [0, 0.1) is 11.8 Å². The van der Waals surface area contributed by atoms with Crippen LogP contribution in [0.25, 0.3) is 0 Å². The third-order valence-electron chi connectivity index (χ3n) is 5.00. The van der Waals surface area contributed by atoms with Crippen molar-refractivity contribution in [2.24, 2.45) is 11.8 Å². The van der Waals surface area contributed by atoms with Crippen LogP contribution >= 0.6 is 0 Å². The Bertz CT molecular complexity index is 504. The number of hydrogen-bond acceptors (Lipinski definition) is 2. The predicted octanol–water partition coefficient (Wildman–Crippen LogP) is 5.36. The summed E-state index contributed by atoms with van der Waals surface area (Å²) < 4.78 is 5.36. The van der Waals surface area contributed by atoms with E-state index >= 15 is 0 Å². The van der Waals surface area contributed by atoms with Crippen LogP contribution in [-0.4, -0.2) is 12.6 Å². The number of esters is 1. The molecule has 0 aromatic heterocycles. The Morgan fingerprint density at radius 3 is 2.91 bits per heavy atom. The molecule has 2 rings (SSSR count). The lowest BCUT2D eigenvalue weighted by Crippen LogP contribution is -2.19. The Kier molecular flexibility index (Phi) is 6.05. The van der Waals surface area contributed by atoms with Gasteiger partial charge in [-0.15, -0.1) is 0 Å². The minimum absolute atomic E-state index is 0.0476. The molecule has 1 heterocycles. The number of ether oxygens (including phenoxy) is 1. The van der Waals surface area contributed by atoms with E-state index in [1.165, 1.54) is 16.7 Å². The molecule has 22 heavy (non-hydrogen) atoms. The standard InChI is InChI=1S/C20H30O2/c1-14(2)7-5-9-16(4)18-12-11-15(3)8-6-10-17-13-22-20(21)19(17)18/h7-8,16,18H,5-6,9-13H2,1-4H3/b15-8-/t16-,18?/m1/s1. The van der Waals surface area contributed by atoms with E-state index in [-0.39, 0.29) is 5.97 Å². The van der Waals surface area contributed by atoms with Crippen LogP contribution in [0.2, 0.25) is 0 Å². The summed E-state index contributed by atoms with van der Waals surface area (Å²) in [5, 5.41) is 0. The second kappa shape index (κ2) is 7.80. The van der Waals surface area contributed by atoms with Gasteiger partial charge in [-0.2, -0.15) is 0 Å². The number of carbonyl (C=O) groups excluding carboxylic acids is 1. The largest absolute Gasteiger partial charge is 0.458 e. The SMILES string of the molecule is CC(C)=CCC[C@@H](C)C1CC/C(C)=C\CCC2=C1C(=O)OC2. The molecule has 122 valence electrons. The molecule has 0 fully saturated rings. The number of allylic oxidation sites excluding steroid dienone is 4. The average Bonchev–Trinajstić information content (AvgIpc) is 2.83. The number of cyclic esters (lactones) is 1. The van der Waals surface area contributed by atoms with Crippen LogP contribution in [0.5, 0.6) is 0 Å². The highest BCUT2D eigenvalue weighted by atomic mass is 16.5. The van der Waals surface area contributed by atoms with Crippen LogP contribution in [-0.2, 0) is 9.53 Å². The maximum atomic E-state index is 12.3. The lowest BCUT2D eigenvalue weighted by Gasteiger charge is -2.24. The number of carbonyl (C=O) groups is 1. The summed E-state index contributed by atoms with van der Waals surface area (Å²) in [6.45, 7) is 9.34. The molecule has 0 radical (unpaired) electrons. The first-order valence-corrected chi connectivity index (χ1v) is 8.67. The van der Waals surface area contributed by atoms with Crippen molar-refractivity contribution >= 4 is 5.97 Å². The molecule has 0 saturated carbocycles. The first-order chi connectivity index (χ1) is 10.5. The first kappa shape index (κ1) is 17.1. The van der Waals surface area contributed by atoms with Gasteiger partial charge >= 0.3 is 5.97 Å². The van der Waals surface area contributed by atoms with E-state index in [0.29, 0.717) is 18.4 Å². The average molecular weight is 302 g/mol. The maximum absolute atomic E-state index is 12.3. The molecule has 2 aliphatic rings. The summed E-state index contributed by atoms with van der Waals surface area (Å²) in [5.74, 6) is 0.836. The molecular weight excluding hydrogens is 272 g/mol. The maximum Gasteiger partial charge on any atom is 0.334 e. The summed E-state index contributed by atoms with van der Waals surface area (Å²) >= 11 is 0. The van der Waals surface area contributed by atoms with Crippen LogP contribution in [0.3, 0.4) is 0 Å². The van der Waals surface area contributed by atoms with E-state index in [9.17, 15) is 4.79 Å². The highest BCUT2D eigenvalue weighted by Crippen LogP contribution is 2.37. The molecular formula is C20H30O2. The fourth-order valence-corrected chi connectivity index (χ4v) is 3.60. The normalized spacial score (nSPS) is 26.1. The number of rotatable bonds is 4. The third-order valence-corrected chi connectivity index (χ3v) is 5.00. The van der Waals surface area contributed by atoms with Crippen molar-refractivity contribution in [1.82, 2.24) is 0 Å². The molecule has 1 aliphatic carbocycles. The van der Waals surface area contributed by atoms with Crippen LogP contribution in [0.15, 0.2) is 34.4 Å². The first-order valence-electron chi connectivity index (χ1n) is 8.67. The molecule has 2 atom stereocenters. The van der Waals surface area contributed by atoms with Crippen LogP contribution in [0.1, 0.15) is 66.2 Å². The van der Waals surface area contributed by atoms with E-state index in [1.54, 1.807) is 0 Å². The molecule has 1 unspecified atom stereocenters. The highest BCUT2D eigenvalue weighted by Gasteiger charge is 2.34. The van der Waals surface area contributed by atoms with Gasteiger partial charge in [0.1, 0.15) is 6.61 Å². The summed E-state index contributed by atoms with van der Waals surface area (Å²) in [7, 11) is 0. The Morgan fingerprint density at radius 2 is 2.18 bits per heavy atom. The zero-order chi connectivity index (χ0) is 16.1. The monoisotopic (exact) mass is 302 g/mol. The van der Waals surface area contributed by atoms with Crippen molar-refractivity contribution in [1.29, 1.82) is 0 Å². The molecule has 0 aromatic carbocycles. The van der Waals surface area contributed by atoms with Gasteiger partial charge in [0.25, 0.3) is 0 Å². The summed E-state index contributed by atoms with van der Waals surface area (Å²) in [5.41, 5.74) is 5.12. The lowest BCUT2D eigenvalue weighted by molar-refractivity contribution is -0.136. The fraction of sp³-hybridized carbons (Fsp3) is 0.650. The van der Waals surface area contributed by atoms with Gasteiger partial charge in [-0.05, 0) is 76.7 Å². The van der Waals surface area contributed by atoms with Gasteiger partial charge in [0, 0.05) is 5.57 Å². The van der Waals surface area contributed by atoms with Gasteiger partial charge in [0.2, 0.25) is 0 Å². The van der Waals surface area contributed by atoms with E-state index in [4.69, 9.17) is 4.74 Å². The predicted molar refractivity (Wildman–Crippen MR) is 91.5 cm³/mol.